The van der Waals surface area contributed by atoms with E-state index in [4.69, 9.17) is 17.2 Å². The predicted octanol–water partition coefficient (Wildman–Crippen LogP) is 3.13. The average molecular weight is 501 g/mol. The number of fused-ring (bicyclic) bond motifs is 3. The van der Waals surface area contributed by atoms with Gasteiger partial charge in [-0.3, -0.25) is 4.79 Å². The zero-order valence-electron chi connectivity index (χ0n) is 18.2. The van der Waals surface area contributed by atoms with E-state index in [9.17, 15) is 4.79 Å². The van der Waals surface area contributed by atoms with Crippen LogP contribution in [0.5, 0.6) is 0 Å². The van der Waals surface area contributed by atoms with E-state index in [2.05, 4.69) is 61.2 Å². The third-order valence-electron chi connectivity index (χ3n) is 6.96. The van der Waals surface area contributed by atoms with Gasteiger partial charge < -0.3 is 21.7 Å². The molecule has 32 heavy (non-hydrogen) atoms. The van der Waals surface area contributed by atoms with Gasteiger partial charge in [-0.1, -0.05) is 30.3 Å². The summed E-state index contributed by atoms with van der Waals surface area (Å²) in [5.74, 6) is 1.31. The van der Waals surface area contributed by atoms with Crippen LogP contribution in [0.25, 0.3) is 0 Å². The average Bonchev–Trinajstić information content (AvgIpc) is 2.77. The molecule has 2 bridgehead atoms. The number of halogens is 1. The van der Waals surface area contributed by atoms with Crippen LogP contribution in [0.1, 0.15) is 48.2 Å². The highest BCUT2D eigenvalue weighted by Gasteiger charge is 2.45. The van der Waals surface area contributed by atoms with Crippen LogP contribution in [0.15, 0.2) is 39.9 Å². The van der Waals surface area contributed by atoms with Crippen molar-refractivity contribution >= 4 is 39.3 Å². The second-order valence-corrected chi connectivity index (χ2v) is 9.90. The van der Waals surface area contributed by atoms with Gasteiger partial charge in [0.05, 0.1) is 19.6 Å². The molecule has 0 saturated carbocycles. The Hall–Kier alpha value is -2.52. The first-order chi connectivity index (χ1) is 15.3. The van der Waals surface area contributed by atoms with Crippen molar-refractivity contribution in [3.63, 3.8) is 0 Å². The number of hydrogen-bond donors (Lipinski definition) is 3. The van der Waals surface area contributed by atoms with Crippen molar-refractivity contribution in [2.24, 2.45) is 22.6 Å². The quantitative estimate of drug-likeness (QED) is 0.303. The van der Waals surface area contributed by atoms with E-state index in [1.54, 1.807) is 0 Å². The van der Waals surface area contributed by atoms with Crippen LogP contribution < -0.4 is 17.2 Å². The lowest BCUT2D eigenvalue weighted by Crippen LogP contribution is -2.61. The molecular formula is C23H31BrN7O+. The number of amides is 1. The number of carbonyl (C=O) groups excluding carboxylic acids is 1. The minimum Gasteiger partial charge on any atom is -0.387 e. The number of aromatic nitrogens is 2. The van der Waals surface area contributed by atoms with Gasteiger partial charge in [0.2, 0.25) is 0 Å². The summed E-state index contributed by atoms with van der Waals surface area (Å²) >= 11 is 3.15. The molecule has 6 N–H and O–H groups in total. The van der Waals surface area contributed by atoms with Crippen LogP contribution in [0.3, 0.4) is 0 Å². The molecule has 3 aliphatic heterocycles. The number of hydrogen-bond acceptors (Lipinski definition) is 5. The molecule has 5 rings (SSSR count). The summed E-state index contributed by atoms with van der Waals surface area (Å²) in [6, 6.07) is 10.8. The van der Waals surface area contributed by atoms with E-state index in [1.165, 1.54) is 42.5 Å². The SMILES string of the molecule is N/C(CCCC1C[N+]2(Cc3ccccc3)CCC1CC2)=N\C(=O)c1nc(Br)c(N)nc1N. The Morgan fingerprint density at radius 2 is 1.84 bits per heavy atom. The van der Waals surface area contributed by atoms with Crippen LogP contribution in [-0.4, -0.2) is 45.8 Å². The lowest BCUT2D eigenvalue weighted by molar-refractivity contribution is -0.959. The number of rotatable bonds is 7. The number of anilines is 2. The van der Waals surface area contributed by atoms with E-state index in [0.717, 1.165) is 25.3 Å². The fourth-order valence-electron chi connectivity index (χ4n) is 5.34. The zero-order chi connectivity index (χ0) is 22.7. The molecular weight excluding hydrogens is 470 g/mol. The van der Waals surface area contributed by atoms with E-state index in [-0.39, 0.29) is 21.9 Å². The Morgan fingerprint density at radius 1 is 1.12 bits per heavy atom. The van der Waals surface area contributed by atoms with Gasteiger partial charge in [0.1, 0.15) is 17.0 Å². The van der Waals surface area contributed by atoms with Crippen LogP contribution >= 0.6 is 15.9 Å². The van der Waals surface area contributed by atoms with Gasteiger partial charge in [-0.25, -0.2) is 9.97 Å². The number of nitrogens with two attached hydrogens (primary N) is 3. The van der Waals surface area contributed by atoms with Gasteiger partial charge >= 0.3 is 5.91 Å². The molecule has 0 spiro atoms. The van der Waals surface area contributed by atoms with Crippen molar-refractivity contribution in [2.75, 3.05) is 31.1 Å². The van der Waals surface area contributed by atoms with Crippen molar-refractivity contribution in [1.29, 1.82) is 0 Å². The first-order valence-corrected chi connectivity index (χ1v) is 12.0. The number of carbonyl (C=O) groups is 1. The van der Waals surface area contributed by atoms with Crippen molar-refractivity contribution < 1.29 is 9.28 Å². The van der Waals surface area contributed by atoms with Gasteiger partial charge in [-0.05, 0) is 34.7 Å². The van der Waals surface area contributed by atoms with Crippen molar-refractivity contribution in [1.82, 2.24) is 9.97 Å². The van der Waals surface area contributed by atoms with Crippen molar-refractivity contribution in [2.45, 2.75) is 38.6 Å². The van der Waals surface area contributed by atoms with Gasteiger partial charge in [-0.2, -0.15) is 4.99 Å². The molecule has 8 nitrogen and oxygen atoms in total. The van der Waals surface area contributed by atoms with Gasteiger partial charge in [0, 0.05) is 30.7 Å². The fraction of sp³-hybridized carbons (Fsp3) is 0.478. The van der Waals surface area contributed by atoms with Gasteiger partial charge in [0.25, 0.3) is 0 Å². The van der Waals surface area contributed by atoms with Crippen molar-refractivity contribution in [3.8, 4) is 0 Å². The first kappa shape index (κ1) is 22.7. The molecule has 9 heteroatoms. The zero-order valence-corrected chi connectivity index (χ0v) is 19.8. The number of amidine groups is 1. The maximum Gasteiger partial charge on any atom is 0.301 e. The number of quaternary nitrogens is 1. The molecule has 170 valence electrons. The Labute approximate surface area is 197 Å². The first-order valence-electron chi connectivity index (χ1n) is 11.2. The molecule has 1 aromatic carbocycles. The lowest BCUT2D eigenvalue weighted by Gasteiger charge is -2.53. The number of benzene rings is 1. The smallest absolute Gasteiger partial charge is 0.301 e. The highest BCUT2D eigenvalue weighted by Crippen LogP contribution is 2.41. The molecule has 3 saturated heterocycles. The van der Waals surface area contributed by atoms with Gasteiger partial charge in [-0.15, -0.1) is 0 Å². The molecule has 0 radical (unpaired) electrons. The third-order valence-corrected chi connectivity index (χ3v) is 7.54. The second kappa shape index (κ2) is 9.54. The monoisotopic (exact) mass is 500 g/mol. The van der Waals surface area contributed by atoms with Crippen LogP contribution in [0.4, 0.5) is 11.6 Å². The Balaban J connectivity index is 1.32. The number of nitrogens with zero attached hydrogens (tertiary/aromatic N) is 4. The molecule has 2 aromatic rings. The maximum absolute atomic E-state index is 12.4. The summed E-state index contributed by atoms with van der Waals surface area (Å²) in [4.78, 5) is 24.3. The third kappa shape index (κ3) is 5.10. The van der Waals surface area contributed by atoms with Crippen molar-refractivity contribution in [3.05, 3.63) is 46.2 Å². The molecule has 1 aromatic heterocycles. The van der Waals surface area contributed by atoms with E-state index >= 15 is 0 Å². The van der Waals surface area contributed by atoms with Crippen LogP contribution in [0, 0.1) is 11.8 Å². The molecule has 0 aliphatic carbocycles. The lowest BCUT2D eigenvalue weighted by atomic mass is 9.74. The summed E-state index contributed by atoms with van der Waals surface area (Å²) in [5.41, 5.74) is 18.8. The second-order valence-electron chi connectivity index (χ2n) is 9.15. The molecule has 1 amide bonds. The highest BCUT2D eigenvalue weighted by atomic mass is 79.9. The maximum atomic E-state index is 12.4. The molecule has 3 fully saturated rings. The van der Waals surface area contributed by atoms with E-state index in [1.807, 2.05) is 0 Å². The molecule has 4 heterocycles. The summed E-state index contributed by atoms with van der Waals surface area (Å²) in [6.07, 6.45) is 5.23. The van der Waals surface area contributed by atoms with E-state index in [0.29, 0.717) is 18.2 Å². The predicted molar refractivity (Wildman–Crippen MR) is 130 cm³/mol. The van der Waals surface area contributed by atoms with Crippen LogP contribution in [-0.2, 0) is 6.54 Å². The largest absolute Gasteiger partial charge is 0.387 e. The fourth-order valence-corrected chi connectivity index (χ4v) is 5.61. The minimum atomic E-state index is -0.594. The topological polar surface area (TPSA) is 133 Å². The summed E-state index contributed by atoms with van der Waals surface area (Å²) < 4.78 is 1.47. The summed E-state index contributed by atoms with van der Waals surface area (Å²) in [6.45, 7) is 4.93. The highest BCUT2D eigenvalue weighted by molar-refractivity contribution is 9.10. The summed E-state index contributed by atoms with van der Waals surface area (Å²) in [5, 5.41) is 0. The Bertz CT molecular complexity index is 1000. The van der Waals surface area contributed by atoms with Crippen LogP contribution in [0.2, 0.25) is 0 Å². The normalized spacial score (nSPS) is 25.1. The Morgan fingerprint density at radius 3 is 2.56 bits per heavy atom. The Kier molecular flexibility index (Phi) is 6.76. The number of aliphatic imine (C=N–C) groups is 1. The standard InChI is InChI=1S/C23H30BrN7O/c24-20-22(27)30-21(26)19(29-20)23(32)28-18(25)8-4-7-17-14-31(11-9-16(17)10-12-31)13-15-5-2-1-3-6-15/h1-3,5-6,16-17H,4,7-14H2,(H5-,25,26,27,28,30,32)/p+1. The van der Waals surface area contributed by atoms with E-state index < -0.39 is 5.91 Å². The molecule has 1 atom stereocenters. The van der Waals surface area contributed by atoms with Gasteiger partial charge in [0.15, 0.2) is 17.3 Å². The number of piperidine rings is 3. The minimum absolute atomic E-state index is 0.0428. The molecule has 3 aliphatic rings. The number of nitrogen functional groups attached to an aromatic ring is 2. The summed E-state index contributed by atoms with van der Waals surface area (Å²) in [7, 11) is 0. The molecule has 1 unspecified atom stereocenters.